The second-order valence-corrected chi connectivity index (χ2v) is 6.40. The molecule has 6 heteroatoms. The van der Waals surface area contributed by atoms with Gasteiger partial charge in [0, 0.05) is 28.7 Å². The summed E-state index contributed by atoms with van der Waals surface area (Å²) >= 11 is 5.49. The molecular weight excluding hydrogens is 423 g/mol. The normalized spacial score (nSPS) is 11.8. The predicted octanol–water partition coefficient (Wildman–Crippen LogP) is 2.51. The zero-order valence-electron chi connectivity index (χ0n) is 11.0. The summed E-state index contributed by atoms with van der Waals surface area (Å²) < 4.78 is 1.76. The van der Waals surface area contributed by atoms with Gasteiger partial charge in [0.15, 0.2) is 0 Å². The maximum absolute atomic E-state index is 12.3. The monoisotopic (exact) mass is 438 g/mol. The van der Waals surface area contributed by atoms with E-state index in [-0.39, 0.29) is 17.7 Å². The zero-order chi connectivity index (χ0) is 14.6. The van der Waals surface area contributed by atoms with E-state index in [9.17, 15) is 9.59 Å². The van der Waals surface area contributed by atoms with E-state index in [1.807, 2.05) is 12.1 Å². The van der Waals surface area contributed by atoms with Gasteiger partial charge in [-0.25, -0.2) is 0 Å². The van der Waals surface area contributed by atoms with E-state index in [0.717, 1.165) is 8.04 Å². The first-order valence-electron chi connectivity index (χ1n) is 5.79. The lowest BCUT2D eigenvalue weighted by atomic mass is 10.1. The van der Waals surface area contributed by atoms with Gasteiger partial charge in [0.2, 0.25) is 5.91 Å². The number of rotatable bonds is 4. The molecule has 0 spiro atoms. The van der Waals surface area contributed by atoms with Crippen molar-refractivity contribution in [3.63, 3.8) is 0 Å². The first-order chi connectivity index (χ1) is 8.86. The Balaban J connectivity index is 2.82. The summed E-state index contributed by atoms with van der Waals surface area (Å²) in [6.45, 7) is 2.19. The van der Waals surface area contributed by atoms with E-state index in [0.29, 0.717) is 12.1 Å². The minimum Gasteiger partial charge on any atom is -0.359 e. The number of nitrogens with zero attached hydrogens (tertiary/aromatic N) is 1. The molecule has 1 unspecified atom stereocenters. The van der Waals surface area contributed by atoms with Crippen LogP contribution in [0.2, 0.25) is 0 Å². The van der Waals surface area contributed by atoms with Gasteiger partial charge in [0.1, 0.15) is 0 Å². The van der Waals surface area contributed by atoms with Crippen molar-refractivity contribution in [2.45, 2.75) is 6.92 Å². The van der Waals surface area contributed by atoms with Gasteiger partial charge < -0.3 is 10.2 Å². The number of nitrogens with one attached hydrogen (secondary N) is 1. The van der Waals surface area contributed by atoms with E-state index in [1.54, 1.807) is 32.0 Å². The number of carbonyl (C=O) groups excluding carboxylic acids is 2. The molecule has 1 rings (SSSR count). The Morgan fingerprint density at radius 2 is 2.11 bits per heavy atom. The van der Waals surface area contributed by atoms with Gasteiger partial charge in [0.05, 0.1) is 11.5 Å². The zero-order valence-corrected chi connectivity index (χ0v) is 14.8. The van der Waals surface area contributed by atoms with Gasteiger partial charge in [-0.05, 0) is 40.8 Å². The second kappa shape index (κ2) is 7.23. The highest BCUT2D eigenvalue weighted by Crippen LogP contribution is 2.20. The van der Waals surface area contributed by atoms with Crippen LogP contribution in [0.15, 0.2) is 22.7 Å². The molecule has 104 valence electrons. The lowest BCUT2D eigenvalue weighted by molar-refractivity contribution is -0.124. The number of halogens is 2. The maximum Gasteiger partial charge on any atom is 0.254 e. The molecule has 0 saturated heterocycles. The molecule has 0 aliphatic rings. The van der Waals surface area contributed by atoms with Crippen LogP contribution in [0.25, 0.3) is 0 Å². The Labute approximate surface area is 135 Å². The summed E-state index contributed by atoms with van der Waals surface area (Å²) in [5.74, 6) is -0.381. The second-order valence-electron chi connectivity index (χ2n) is 4.33. The molecule has 0 radical (unpaired) electrons. The van der Waals surface area contributed by atoms with Crippen LogP contribution in [0, 0.1) is 9.49 Å². The van der Waals surface area contributed by atoms with Crippen LogP contribution in [0.4, 0.5) is 0 Å². The Morgan fingerprint density at radius 1 is 1.47 bits per heavy atom. The fourth-order valence-electron chi connectivity index (χ4n) is 1.69. The molecule has 0 aliphatic heterocycles. The molecule has 0 aromatic heterocycles. The summed E-state index contributed by atoms with van der Waals surface area (Å²) in [6, 6.07) is 5.57. The topological polar surface area (TPSA) is 49.4 Å². The molecule has 19 heavy (non-hydrogen) atoms. The number of hydrogen-bond acceptors (Lipinski definition) is 2. The van der Waals surface area contributed by atoms with Crippen LogP contribution < -0.4 is 5.32 Å². The lowest BCUT2D eigenvalue weighted by Crippen LogP contribution is -2.37. The lowest BCUT2D eigenvalue weighted by Gasteiger charge is -2.21. The standard InChI is InChI=1S/C13H16BrIN2O2/c1-8(12(18)16-2)7-17(3)13(19)10-6-9(14)4-5-11(10)15/h4-6,8H,7H2,1-3H3,(H,16,18). The minimum atomic E-state index is -0.233. The molecule has 2 amide bonds. The van der Waals surface area contributed by atoms with Gasteiger partial charge in [-0.1, -0.05) is 22.9 Å². The molecule has 0 aliphatic carbocycles. The summed E-state index contributed by atoms with van der Waals surface area (Å²) in [5.41, 5.74) is 0.640. The fraction of sp³-hybridized carbons (Fsp3) is 0.385. The molecule has 0 heterocycles. The highest BCUT2D eigenvalue weighted by Gasteiger charge is 2.20. The predicted molar refractivity (Wildman–Crippen MR) is 87.1 cm³/mol. The average Bonchev–Trinajstić information content (AvgIpc) is 2.39. The Kier molecular flexibility index (Phi) is 6.25. The van der Waals surface area contributed by atoms with E-state index < -0.39 is 0 Å². The Bertz CT molecular complexity index is 494. The Hall–Kier alpha value is -0.630. The van der Waals surface area contributed by atoms with Crippen molar-refractivity contribution < 1.29 is 9.59 Å². The molecule has 0 bridgehead atoms. The number of amides is 2. The van der Waals surface area contributed by atoms with Crippen LogP contribution in [-0.4, -0.2) is 37.4 Å². The smallest absolute Gasteiger partial charge is 0.254 e. The fourth-order valence-corrected chi connectivity index (χ4v) is 2.62. The quantitative estimate of drug-likeness (QED) is 0.734. The van der Waals surface area contributed by atoms with E-state index in [1.165, 1.54) is 0 Å². The van der Waals surface area contributed by atoms with Crippen molar-refractivity contribution in [3.8, 4) is 0 Å². The molecule has 1 aromatic rings. The van der Waals surface area contributed by atoms with Gasteiger partial charge in [-0.2, -0.15) is 0 Å². The van der Waals surface area contributed by atoms with E-state index in [2.05, 4.69) is 43.8 Å². The number of benzene rings is 1. The SMILES string of the molecule is CNC(=O)C(C)CN(C)C(=O)c1cc(Br)ccc1I. The third-order valence-corrected chi connectivity index (χ3v) is 4.18. The van der Waals surface area contributed by atoms with Crippen LogP contribution in [0.1, 0.15) is 17.3 Å². The van der Waals surface area contributed by atoms with Crippen LogP contribution in [0.3, 0.4) is 0 Å². The molecular formula is C13H16BrIN2O2. The number of carbonyl (C=O) groups is 2. The van der Waals surface area contributed by atoms with Crippen molar-refractivity contribution in [1.82, 2.24) is 10.2 Å². The molecule has 1 aromatic carbocycles. The van der Waals surface area contributed by atoms with Crippen molar-refractivity contribution in [2.24, 2.45) is 5.92 Å². The van der Waals surface area contributed by atoms with Crippen LogP contribution in [-0.2, 0) is 4.79 Å². The van der Waals surface area contributed by atoms with Gasteiger partial charge in [0.25, 0.3) is 5.91 Å². The molecule has 1 N–H and O–H groups in total. The van der Waals surface area contributed by atoms with Gasteiger partial charge >= 0.3 is 0 Å². The Morgan fingerprint density at radius 3 is 2.68 bits per heavy atom. The highest BCUT2D eigenvalue weighted by molar-refractivity contribution is 14.1. The summed E-state index contributed by atoms with van der Waals surface area (Å²) in [7, 11) is 3.30. The molecule has 1 atom stereocenters. The number of hydrogen-bond donors (Lipinski definition) is 1. The van der Waals surface area contributed by atoms with Crippen molar-refractivity contribution >= 4 is 50.3 Å². The van der Waals surface area contributed by atoms with Crippen molar-refractivity contribution in [3.05, 3.63) is 31.8 Å². The van der Waals surface area contributed by atoms with E-state index in [4.69, 9.17) is 0 Å². The first-order valence-corrected chi connectivity index (χ1v) is 7.66. The van der Waals surface area contributed by atoms with Crippen LogP contribution >= 0.6 is 38.5 Å². The van der Waals surface area contributed by atoms with E-state index >= 15 is 0 Å². The maximum atomic E-state index is 12.3. The molecule has 0 fully saturated rings. The third-order valence-electron chi connectivity index (χ3n) is 2.75. The van der Waals surface area contributed by atoms with Gasteiger partial charge in [-0.15, -0.1) is 0 Å². The van der Waals surface area contributed by atoms with Crippen molar-refractivity contribution in [1.29, 1.82) is 0 Å². The van der Waals surface area contributed by atoms with Crippen molar-refractivity contribution in [2.75, 3.05) is 20.6 Å². The first kappa shape index (κ1) is 16.4. The summed E-state index contributed by atoms with van der Waals surface area (Å²) in [4.78, 5) is 25.4. The third kappa shape index (κ3) is 4.45. The molecule has 4 nitrogen and oxygen atoms in total. The summed E-state index contributed by atoms with van der Waals surface area (Å²) in [6.07, 6.45) is 0. The largest absolute Gasteiger partial charge is 0.359 e. The minimum absolute atomic E-state index is 0.0661. The average molecular weight is 439 g/mol. The van der Waals surface area contributed by atoms with Crippen LogP contribution in [0.5, 0.6) is 0 Å². The van der Waals surface area contributed by atoms with Gasteiger partial charge in [-0.3, -0.25) is 9.59 Å². The molecule has 0 saturated carbocycles. The summed E-state index contributed by atoms with van der Waals surface area (Å²) in [5, 5.41) is 2.58. The highest BCUT2D eigenvalue weighted by atomic mass is 127.